The van der Waals surface area contributed by atoms with E-state index in [-0.39, 0.29) is 4.90 Å². The highest BCUT2D eigenvalue weighted by Crippen LogP contribution is 2.34. The first-order valence-corrected chi connectivity index (χ1v) is 9.44. The molecule has 0 bridgehead atoms. The Bertz CT molecular complexity index is 970. The van der Waals surface area contributed by atoms with Crippen LogP contribution in [0.2, 0.25) is 0 Å². The Morgan fingerprint density at radius 2 is 1.71 bits per heavy atom. The van der Waals surface area contributed by atoms with Gasteiger partial charge in [0, 0.05) is 23.6 Å². The smallest absolute Gasteiger partial charge is 0.208 e. The average molecular weight is 343 g/mol. The summed E-state index contributed by atoms with van der Waals surface area (Å²) in [5, 5.41) is 0.777. The summed E-state index contributed by atoms with van der Waals surface area (Å²) in [6.45, 7) is 2.06. The summed E-state index contributed by atoms with van der Waals surface area (Å²) in [7, 11) is -0.105. The zero-order valence-corrected chi connectivity index (χ0v) is 14.9. The van der Waals surface area contributed by atoms with Gasteiger partial charge in [-0.25, -0.2) is 8.42 Å². The van der Waals surface area contributed by atoms with Crippen molar-refractivity contribution in [3.05, 3.63) is 54.2 Å². The van der Waals surface area contributed by atoms with Gasteiger partial charge in [-0.1, -0.05) is 31.5 Å². The van der Waals surface area contributed by atoms with Crippen molar-refractivity contribution >= 4 is 20.7 Å². The van der Waals surface area contributed by atoms with Crippen molar-refractivity contribution in [3.8, 4) is 5.75 Å². The van der Waals surface area contributed by atoms with E-state index < -0.39 is 9.84 Å². The highest BCUT2D eigenvalue weighted by atomic mass is 32.2. The van der Waals surface area contributed by atoms with Crippen molar-refractivity contribution in [2.75, 3.05) is 7.11 Å². The average Bonchev–Trinajstić information content (AvgIpc) is 2.89. The van der Waals surface area contributed by atoms with Crippen molar-refractivity contribution in [2.24, 2.45) is 7.05 Å². The van der Waals surface area contributed by atoms with Gasteiger partial charge in [0.15, 0.2) is 0 Å². The molecule has 126 valence electrons. The van der Waals surface area contributed by atoms with E-state index in [4.69, 9.17) is 4.74 Å². The maximum absolute atomic E-state index is 13.3. The molecule has 0 radical (unpaired) electrons. The van der Waals surface area contributed by atoms with Crippen LogP contribution in [0.1, 0.15) is 19.0 Å². The maximum atomic E-state index is 13.3. The number of hydrogen-bond acceptors (Lipinski definition) is 3. The van der Waals surface area contributed by atoms with Crippen LogP contribution in [0.4, 0.5) is 0 Å². The molecule has 3 rings (SSSR count). The monoisotopic (exact) mass is 343 g/mol. The van der Waals surface area contributed by atoms with E-state index in [9.17, 15) is 8.42 Å². The third-order valence-electron chi connectivity index (χ3n) is 4.30. The number of methoxy groups -OCH3 is 1. The van der Waals surface area contributed by atoms with Crippen LogP contribution in [0.3, 0.4) is 0 Å². The molecular formula is C19H21NO3S. The summed E-state index contributed by atoms with van der Waals surface area (Å²) in [6, 6.07) is 14.2. The zero-order chi connectivity index (χ0) is 17.3. The Labute approximate surface area is 142 Å². The summed E-state index contributed by atoms with van der Waals surface area (Å²) in [4.78, 5) is 0.713. The van der Waals surface area contributed by atoms with E-state index in [1.54, 1.807) is 31.4 Å². The van der Waals surface area contributed by atoms with Gasteiger partial charge in [-0.3, -0.25) is 0 Å². The number of fused-ring (bicyclic) bond motifs is 1. The normalized spacial score (nSPS) is 11.8. The molecule has 0 atom stereocenters. The number of aryl methyl sites for hydroxylation is 1. The largest absolute Gasteiger partial charge is 0.497 e. The third-order valence-corrected chi connectivity index (χ3v) is 6.19. The number of para-hydroxylation sites is 1. The summed E-state index contributed by atoms with van der Waals surface area (Å²) in [6.07, 6.45) is 1.60. The van der Waals surface area contributed by atoms with Crippen LogP contribution in [-0.4, -0.2) is 20.1 Å². The number of nitrogens with zero attached hydrogens (tertiary/aromatic N) is 1. The molecule has 1 aromatic heterocycles. The Balaban J connectivity index is 2.28. The Morgan fingerprint density at radius 1 is 1.04 bits per heavy atom. The fraction of sp³-hybridized carbons (Fsp3) is 0.263. The van der Waals surface area contributed by atoms with E-state index in [2.05, 4.69) is 6.92 Å². The quantitative estimate of drug-likeness (QED) is 0.704. The molecular weight excluding hydrogens is 322 g/mol. The second-order valence-electron chi connectivity index (χ2n) is 5.78. The summed E-state index contributed by atoms with van der Waals surface area (Å²) < 4.78 is 33.7. The lowest BCUT2D eigenvalue weighted by Gasteiger charge is -2.09. The number of ether oxygens (including phenoxy) is 1. The second-order valence-corrected chi connectivity index (χ2v) is 7.67. The van der Waals surface area contributed by atoms with Gasteiger partial charge >= 0.3 is 0 Å². The second kappa shape index (κ2) is 6.32. The van der Waals surface area contributed by atoms with E-state index in [1.165, 1.54) is 0 Å². The molecule has 0 saturated carbocycles. The molecule has 0 aliphatic heterocycles. The standard InChI is InChI=1S/C19H21NO3S/c1-4-7-18-19(16-8-5-6-9-17(16)20(18)2)24(21,22)15-12-10-14(23-3)11-13-15/h5-6,8-13H,4,7H2,1-3H3. The molecule has 0 saturated heterocycles. The summed E-state index contributed by atoms with van der Waals surface area (Å²) >= 11 is 0. The molecule has 0 N–H and O–H groups in total. The zero-order valence-electron chi connectivity index (χ0n) is 14.1. The highest BCUT2D eigenvalue weighted by Gasteiger charge is 2.27. The minimum Gasteiger partial charge on any atom is -0.497 e. The van der Waals surface area contributed by atoms with E-state index >= 15 is 0 Å². The lowest BCUT2D eigenvalue weighted by Crippen LogP contribution is -2.07. The number of rotatable bonds is 5. The summed E-state index contributed by atoms with van der Waals surface area (Å²) in [5.74, 6) is 0.639. The van der Waals surface area contributed by atoms with Crippen LogP contribution < -0.4 is 4.74 Å². The Kier molecular flexibility index (Phi) is 4.37. The molecule has 0 spiro atoms. The van der Waals surface area contributed by atoms with Crippen molar-refractivity contribution < 1.29 is 13.2 Å². The first-order chi connectivity index (χ1) is 11.5. The number of hydrogen-bond donors (Lipinski definition) is 0. The Morgan fingerprint density at radius 3 is 2.33 bits per heavy atom. The van der Waals surface area contributed by atoms with Gasteiger partial charge in [0.2, 0.25) is 9.84 Å². The van der Waals surface area contributed by atoms with Crippen molar-refractivity contribution in [2.45, 2.75) is 29.6 Å². The molecule has 0 aliphatic carbocycles. The first-order valence-electron chi connectivity index (χ1n) is 7.96. The first kappa shape index (κ1) is 16.6. The van der Waals surface area contributed by atoms with Crippen molar-refractivity contribution in [1.29, 1.82) is 0 Å². The van der Waals surface area contributed by atoms with Crippen LogP contribution in [0, 0.1) is 0 Å². The Hall–Kier alpha value is -2.27. The molecule has 0 aliphatic rings. The van der Waals surface area contributed by atoms with E-state index in [1.807, 2.05) is 35.9 Å². The van der Waals surface area contributed by atoms with Gasteiger partial charge < -0.3 is 9.30 Å². The van der Waals surface area contributed by atoms with Crippen molar-refractivity contribution in [3.63, 3.8) is 0 Å². The molecule has 4 nitrogen and oxygen atoms in total. The van der Waals surface area contributed by atoms with Crippen LogP contribution in [0.5, 0.6) is 5.75 Å². The SMILES string of the molecule is CCCc1c(S(=O)(=O)c2ccc(OC)cc2)c2ccccc2n1C. The topological polar surface area (TPSA) is 48.3 Å². The fourth-order valence-corrected chi connectivity index (χ4v) is 4.84. The minimum atomic E-state index is -3.60. The molecule has 0 fully saturated rings. The van der Waals surface area contributed by atoms with Crippen LogP contribution in [-0.2, 0) is 23.3 Å². The third kappa shape index (κ3) is 2.59. The molecule has 2 aromatic carbocycles. The predicted octanol–water partition coefficient (Wildman–Crippen LogP) is 3.97. The van der Waals surface area contributed by atoms with Gasteiger partial charge in [-0.05, 0) is 36.8 Å². The number of benzene rings is 2. The van der Waals surface area contributed by atoms with Gasteiger partial charge in [-0.15, -0.1) is 0 Å². The summed E-state index contributed by atoms with van der Waals surface area (Å²) in [5.41, 5.74) is 1.79. The lowest BCUT2D eigenvalue weighted by atomic mass is 10.2. The highest BCUT2D eigenvalue weighted by molar-refractivity contribution is 7.91. The molecule has 3 aromatic rings. The van der Waals surface area contributed by atoms with Gasteiger partial charge in [0.05, 0.1) is 12.0 Å². The lowest BCUT2D eigenvalue weighted by molar-refractivity contribution is 0.414. The molecule has 5 heteroatoms. The van der Waals surface area contributed by atoms with Crippen LogP contribution >= 0.6 is 0 Å². The molecule has 1 heterocycles. The van der Waals surface area contributed by atoms with Gasteiger partial charge in [-0.2, -0.15) is 0 Å². The number of sulfone groups is 1. The minimum absolute atomic E-state index is 0.289. The number of aromatic nitrogens is 1. The molecule has 24 heavy (non-hydrogen) atoms. The van der Waals surface area contributed by atoms with Crippen LogP contribution in [0.15, 0.2) is 58.3 Å². The van der Waals surface area contributed by atoms with Gasteiger partial charge in [0.25, 0.3) is 0 Å². The van der Waals surface area contributed by atoms with Crippen molar-refractivity contribution in [1.82, 2.24) is 4.57 Å². The van der Waals surface area contributed by atoms with Gasteiger partial charge in [0.1, 0.15) is 10.6 Å². The maximum Gasteiger partial charge on any atom is 0.208 e. The molecule has 0 unspecified atom stereocenters. The van der Waals surface area contributed by atoms with Crippen LogP contribution in [0.25, 0.3) is 10.9 Å². The molecule has 0 amide bonds. The van der Waals surface area contributed by atoms with E-state index in [0.29, 0.717) is 10.6 Å². The van der Waals surface area contributed by atoms with E-state index in [0.717, 1.165) is 29.4 Å². The fourth-order valence-electron chi connectivity index (χ4n) is 3.10. The predicted molar refractivity (Wildman–Crippen MR) is 95.4 cm³/mol.